The summed E-state index contributed by atoms with van der Waals surface area (Å²) in [7, 11) is 0. The van der Waals surface area contributed by atoms with Crippen molar-refractivity contribution in [1.82, 2.24) is 20.1 Å². The van der Waals surface area contributed by atoms with Crippen LogP contribution >= 0.6 is 70.2 Å². The molecule has 2 aliphatic heterocycles. The van der Waals surface area contributed by atoms with Gasteiger partial charge in [0.05, 0.1) is 5.92 Å². The van der Waals surface area contributed by atoms with Crippen molar-refractivity contribution in [1.29, 1.82) is 0 Å². The number of carbonyl (C=O) groups is 1. The molecule has 2 N–H and O–H groups in total. The highest BCUT2D eigenvalue weighted by molar-refractivity contribution is 7.80. The number of aromatic nitrogens is 1. The van der Waals surface area contributed by atoms with E-state index in [4.69, 9.17) is 70.2 Å². The molecule has 4 rings (SSSR count). The molecule has 3 heterocycles. The van der Waals surface area contributed by atoms with Crippen molar-refractivity contribution in [2.45, 2.75) is 42.7 Å². The Morgan fingerprint density at radius 3 is 2.56 bits per heavy atom. The van der Waals surface area contributed by atoms with Gasteiger partial charge >= 0.3 is 0 Å². The van der Waals surface area contributed by atoms with Gasteiger partial charge in [0.1, 0.15) is 10.7 Å². The van der Waals surface area contributed by atoms with Crippen molar-refractivity contribution in [2.75, 3.05) is 13.1 Å². The molecule has 0 unspecified atom stereocenters. The lowest BCUT2D eigenvalue weighted by Gasteiger charge is -2.44. The third-order valence-electron chi connectivity index (χ3n) is 7.15. The zero-order valence-electron chi connectivity index (χ0n) is 18.5. The Hall–Kier alpha value is -0.700. The van der Waals surface area contributed by atoms with Crippen LogP contribution in [0.2, 0.25) is 0 Å². The monoisotopic (exact) mass is 584 g/mol. The van der Waals surface area contributed by atoms with E-state index in [-0.39, 0.29) is 45.0 Å². The molecule has 1 saturated heterocycles. The topological polar surface area (TPSA) is 66.4 Å². The average Bonchev–Trinajstić information content (AvgIpc) is 3.26. The SMILES string of the molecule is CC1(C)[C@@H](C=C(Cl)Cl)[C@@H]1C(=O)N[C@@H](NC(=S)N1C[C@H]2C[C@@H](C1)c1cccc(=O)n1C2)C(Cl)(Cl)Cl. The smallest absolute Gasteiger partial charge is 0.250 e. The van der Waals surface area contributed by atoms with Crippen LogP contribution < -0.4 is 16.2 Å². The largest absolute Gasteiger partial charge is 0.348 e. The molecule has 3 aliphatic rings. The minimum absolute atomic E-state index is 0.0203. The number of amides is 1. The molecule has 0 radical (unpaired) electrons. The molecule has 2 fully saturated rings. The first-order valence-electron chi connectivity index (χ1n) is 10.9. The number of carbonyl (C=O) groups excluding carboxylic acids is 1. The average molecular weight is 587 g/mol. The maximum atomic E-state index is 13.0. The molecule has 1 aromatic rings. The fourth-order valence-corrected chi connectivity index (χ4v) is 6.20. The van der Waals surface area contributed by atoms with Gasteiger partial charge < -0.3 is 20.1 Å². The van der Waals surface area contributed by atoms with Gasteiger partial charge in [-0.15, -0.1) is 0 Å². The highest BCUT2D eigenvalue weighted by Crippen LogP contribution is 2.59. The van der Waals surface area contributed by atoms with E-state index in [0.717, 1.165) is 12.1 Å². The maximum absolute atomic E-state index is 13.0. The Labute approximate surface area is 228 Å². The van der Waals surface area contributed by atoms with E-state index in [0.29, 0.717) is 24.7 Å². The molecule has 5 atom stereocenters. The van der Waals surface area contributed by atoms with Crippen molar-refractivity contribution in [3.63, 3.8) is 0 Å². The fraction of sp³-hybridized carbons (Fsp3) is 0.591. The van der Waals surface area contributed by atoms with E-state index in [1.165, 1.54) is 0 Å². The summed E-state index contributed by atoms with van der Waals surface area (Å²) in [5.74, 6) is -0.329. The van der Waals surface area contributed by atoms with E-state index in [1.54, 1.807) is 18.2 Å². The second-order valence-corrected chi connectivity index (χ2v) is 13.6. The van der Waals surface area contributed by atoms with E-state index >= 15 is 0 Å². The zero-order valence-corrected chi connectivity index (χ0v) is 23.1. The standard InChI is InChI=1S/C22H25Cl5N4O2S/c1-21(2)13(7-15(23)24)17(21)18(33)28-19(22(25,26)27)29-20(34)30-8-11-6-12(10-30)14-4-3-5-16(32)31(14)9-11/h3-5,7,11-13,17,19H,6,8-10H2,1-2H3,(H,28,33)(H,29,34)/t11-,12+,13+,17-,19+/m1/s1. The quantitative estimate of drug-likeness (QED) is 0.308. The van der Waals surface area contributed by atoms with Gasteiger partial charge in [-0.3, -0.25) is 9.59 Å². The molecule has 0 aromatic carbocycles. The number of alkyl halides is 3. The third kappa shape index (κ3) is 5.35. The molecule has 6 nitrogen and oxygen atoms in total. The van der Waals surface area contributed by atoms with Crippen molar-refractivity contribution < 1.29 is 4.79 Å². The van der Waals surface area contributed by atoms with E-state index in [1.807, 2.05) is 29.4 Å². The van der Waals surface area contributed by atoms with Gasteiger partial charge in [-0.05, 0) is 48.0 Å². The summed E-state index contributed by atoms with van der Waals surface area (Å²) in [5.41, 5.74) is 0.704. The summed E-state index contributed by atoms with van der Waals surface area (Å²) in [5, 5.41) is 6.22. The number of halogens is 5. The second-order valence-electron chi connectivity index (χ2n) is 9.82. The molecule has 186 valence electrons. The lowest BCUT2D eigenvalue weighted by molar-refractivity contribution is -0.123. The highest BCUT2D eigenvalue weighted by Gasteiger charge is 2.61. The number of rotatable bonds is 4. The van der Waals surface area contributed by atoms with E-state index in [9.17, 15) is 9.59 Å². The van der Waals surface area contributed by atoms with Crippen molar-refractivity contribution in [3.8, 4) is 0 Å². The minimum atomic E-state index is -1.85. The van der Waals surface area contributed by atoms with Crippen molar-refractivity contribution >= 4 is 81.2 Å². The summed E-state index contributed by atoms with van der Waals surface area (Å²) in [6.45, 7) is 5.84. The number of hydrogen-bond acceptors (Lipinski definition) is 3. The van der Waals surface area contributed by atoms with E-state index in [2.05, 4.69) is 10.6 Å². The number of fused-ring (bicyclic) bond motifs is 4. The number of likely N-dealkylation sites (tertiary alicyclic amines) is 1. The Kier molecular flexibility index (Phi) is 7.47. The van der Waals surface area contributed by atoms with Gasteiger partial charge in [0, 0.05) is 37.3 Å². The van der Waals surface area contributed by atoms with Gasteiger partial charge in [-0.25, -0.2) is 0 Å². The summed E-state index contributed by atoms with van der Waals surface area (Å²) in [4.78, 5) is 27.3. The Balaban J connectivity index is 1.45. The fourth-order valence-electron chi connectivity index (χ4n) is 5.33. The second kappa shape index (κ2) is 9.64. The number of piperidine rings is 1. The first-order chi connectivity index (χ1) is 15.8. The van der Waals surface area contributed by atoms with Crippen LogP contribution in [0.3, 0.4) is 0 Å². The molecule has 1 amide bonds. The van der Waals surface area contributed by atoms with Crippen LogP contribution in [0.25, 0.3) is 0 Å². The molecule has 1 aromatic heterocycles. The number of pyridine rings is 1. The maximum Gasteiger partial charge on any atom is 0.250 e. The summed E-state index contributed by atoms with van der Waals surface area (Å²) in [6.07, 6.45) is 1.61. The molecular formula is C22H25Cl5N4O2S. The lowest BCUT2D eigenvalue weighted by atomic mass is 9.83. The van der Waals surface area contributed by atoms with Gasteiger partial charge in [0.15, 0.2) is 5.11 Å². The van der Waals surface area contributed by atoms with Gasteiger partial charge in [0.2, 0.25) is 9.70 Å². The molecule has 34 heavy (non-hydrogen) atoms. The van der Waals surface area contributed by atoms with Crippen LogP contribution in [0, 0.1) is 23.2 Å². The first kappa shape index (κ1) is 26.4. The molecule has 0 spiro atoms. The lowest BCUT2D eigenvalue weighted by Crippen LogP contribution is -2.60. The third-order valence-corrected chi connectivity index (χ3v) is 8.43. The van der Waals surface area contributed by atoms with Crippen LogP contribution in [0.5, 0.6) is 0 Å². The first-order valence-corrected chi connectivity index (χ1v) is 13.2. The van der Waals surface area contributed by atoms with Crippen LogP contribution in [0.15, 0.2) is 33.6 Å². The Morgan fingerprint density at radius 2 is 1.91 bits per heavy atom. The van der Waals surface area contributed by atoms with Crippen LogP contribution in [-0.2, 0) is 11.3 Å². The molecule has 12 heteroatoms. The van der Waals surface area contributed by atoms with E-state index < -0.39 is 9.96 Å². The Bertz CT molecular complexity index is 1080. The van der Waals surface area contributed by atoms with Gasteiger partial charge in [-0.2, -0.15) is 0 Å². The molecule has 1 saturated carbocycles. The summed E-state index contributed by atoms with van der Waals surface area (Å²) >= 11 is 35.9. The zero-order chi connectivity index (χ0) is 25.0. The molecule has 2 bridgehead atoms. The number of nitrogens with one attached hydrogen (secondary N) is 2. The molecule has 1 aliphatic carbocycles. The molecular weight excluding hydrogens is 562 g/mol. The predicted molar refractivity (Wildman–Crippen MR) is 142 cm³/mol. The number of thiocarbonyl (C=S) groups is 1. The normalized spacial score (nSPS) is 27.8. The minimum Gasteiger partial charge on any atom is -0.348 e. The number of nitrogens with zero attached hydrogens (tertiary/aromatic N) is 2. The van der Waals surface area contributed by atoms with Gasteiger partial charge in [-0.1, -0.05) is 77.9 Å². The highest BCUT2D eigenvalue weighted by atomic mass is 35.6. The predicted octanol–water partition coefficient (Wildman–Crippen LogP) is 4.55. The van der Waals surface area contributed by atoms with Crippen LogP contribution in [0.1, 0.15) is 31.9 Å². The van der Waals surface area contributed by atoms with Crippen molar-refractivity contribution in [3.05, 3.63) is 44.8 Å². The van der Waals surface area contributed by atoms with Crippen LogP contribution in [-0.4, -0.2) is 43.5 Å². The van der Waals surface area contributed by atoms with Crippen LogP contribution in [0.4, 0.5) is 0 Å². The number of allylic oxidation sites excluding steroid dienone is 1. The van der Waals surface area contributed by atoms with Gasteiger partial charge in [0.25, 0.3) is 5.56 Å². The Morgan fingerprint density at radius 1 is 1.21 bits per heavy atom. The number of hydrogen-bond donors (Lipinski definition) is 2. The van der Waals surface area contributed by atoms with Crippen molar-refractivity contribution in [2.24, 2.45) is 23.2 Å². The summed E-state index contributed by atoms with van der Waals surface area (Å²) < 4.78 is 0.122. The summed E-state index contributed by atoms with van der Waals surface area (Å²) in [6, 6.07) is 5.37.